The zero-order chi connectivity index (χ0) is 27.1. The van der Waals surface area contributed by atoms with E-state index in [2.05, 4.69) is 4.98 Å². The Morgan fingerprint density at radius 2 is 1.81 bits per heavy atom. The van der Waals surface area contributed by atoms with Crippen molar-refractivity contribution in [2.24, 2.45) is 11.8 Å². The van der Waals surface area contributed by atoms with Crippen LogP contribution in [0.2, 0.25) is 0 Å². The highest BCUT2D eigenvalue weighted by Crippen LogP contribution is 2.41. The third-order valence-electron chi connectivity index (χ3n) is 7.05. The summed E-state index contributed by atoms with van der Waals surface area (Å²) in [6.45, 7) is 6.59. The lowest BCUT2D eigenvalue weighted by atomic mass is 9.73. The van der Waals surface area contributed by atoms with Gasteiger partial charge in [0.15, 0.2) is 17.2 Å². The molecule has 0 amide bonds. The molecule has 1 aliphatic rings. The van der Waals surface area contributed by atoms with Crippen LogP contribution in [0.25, 0.3) is 0 Å². The summed E-state index contributed by atoms with van der Waals surface area (Å²) in [5.74, 6) is -2.25. The number of ether oxygens (including phenoxy) is 3. The number of hydrogen-bond acceptors (Lipinski definition) is 7. The Bertz CT molecular complexity index is 1130. The number of aryl methyl sites for hydroxylation is 1. The van der Waals surface area contributed by atoms with Gasteiger partial charge in [-0.25, -0.2) is 9.37 Å². The summed E-state index contributed by atoms with van der Waals surface area (Å²) in [6, 6.07) is 6.25. The maximum Gasteiger partial charge on any atom is 0.309 e. The number of halogens is 1. The van der Waals surface area contributed by atoms with E-state index in [4.69, 9.17) is 14.2 Å². The Morgan fingerprint density at radius 3 is 2.43 bits per heavy atom. The van der Waals surface area contributed by atoms with Gasteiger partial charge in [0.25, 0.3) is 0 Å². The van der Waals surface area contributed by atoms with Crippen molar-refractivity contribution in [2.45, 2.75) is 78.2 Å². The monoisotopic (exact) mass is 513 g/mol. The van der Waals surface area contributed by atoms with Gasteiger partial charge in [0, 0.05) is 31.5 Å². The van der Waals surface area contributed by atoms with Crippen LogP contribution in [0, 0.1) is 24.6 Å². The summed E-state index contributed by atoms with van der Waals surface area (Å²) in [4.78, 5) is 41.8. The van der Waals surface area contributed by atoms with Gasteiger partial charge in [-0.1, -0.05) is 32.3 Å². The number of carbonyl (C=O) groups excluding carboxylic acids is 3. The highest BCUT2D eigenvalue weighted by molar-refractivity contribution is 5.99. The van der Waals surface area contributed by atoms with Gasteiger partial charge in [-0.2, -0.15) is 0 Å². The van der Waals surface area contributed by atoms with E-state index in [1.165, 1.54) is 44.9 Å². The molecule has 0 saturated heterocycles. The summed E-state index contributed by atoms with van der Waals surface area (Å²) >= 11 is 0. The molecule has 0 spiro atoms. The van der Waals surface area contributed by atoms with Crippen molar-refractivity contribution < 1.29 is 33.0 Å². The molecule has 8 heteroatoms. The fraction of sp³-hybridized carbons (Fsp3) is 0.517. The molecule has 1 heterocycles. The molecule has 1 aliphatic carbocycles. The minimum Gasteiger partial charge on any atom is -0.493 e. The molecule has 0 radical (unpaired) electrons. The van der Waals surface area contributed by atoms with Crippen molar-refractivity contribution in [2.75, 3.05) is 7.11 Å². The first-order valence-electron chi connectivity index (χ1n) is 12.8. The molecule has 2 aromatic rings. The van der Waals surface area contributed by atoms with Crippen LogP contribution in [0.3, 0.4) is 0 Å². The average Bonchev–Trinajstić information content (AvgIpc) is 2.85. The fourth-order valence-electron chi connectivity index (χ4n) is 5.26. The molecule has 0 bridgehead atoms. The lowest BCUT2D eigenvalue weighted by Gasteiger charge is -2.35. The van der Waals surface area contributed by atoms with Crippen molar-refractivity contribution in [3.8, 4) is 11.5 Å². The lowest BCUT2D eigenvalue weighted by molar-refractivity contribution is -0.154. The molecule has 1 saturated carbocycles. The van der Waals surface area contributed by atoms with E-state index in [0.717, 1.165) is 36.8 Å². The largest absolute Gasteiger partial charge is 0.493 e. The zero-order valence-corrected chi connectivity index (χ0v) is 22.2. The van der Waals surface area contributed by atoms with Crippen molar-refractivity contribution >= 4 is 17.7 Å². The van der Waals surface area contributed by atoms with Crippen LogP contribution in [0.1, 0.15) is 86.8 Å². The van der Waals surface area contributed by atoms with Gasteiger partial charge in [-0.15, -0.1) is 0 Å². The van der Waals surface area contributed by atoms with Gasteiger partial charge < -0.3 is 14.2 Å². The number of rotatable bonds is 10. The molecule has 0 N–H and O–H groups in total. The second kappa shape index (κ2) is 12.8. The second-order valence-corrected chi connectivity index (χ2v) is 9.88. The third kappa shape index (κ3) is 7.14. The van der Waals surface area contributed by atoms with Gasteiger partial charge in [0.1, 0.15) is 11.9 Å². The number of hydrogen-bond donors (Lipinski definition) is 0. The highest BCUT2D eigenvalue weighted by Gasteiger charge is 2.34. The summed E-state index contributed by atoms with van der Waals surface area (Å²) in [5, 5.41) is 0. The first-order valence-corrected chi connectivity index (χ1v) is 12.8. The molecule has 200 valence electrons. The number of methoxy groups -OCH3 is 1. The number of benzene rings is 1. The second-order valence-electron chi connectivity index (χ2n) is 9.88. The van der Waals surface area contributed by atoms with Gasteiger partial charge >= 0.3 is 11.9 Å². The zero-order valence-electron chi connectivity index (χ0n) is 22.2. The Morgan fingerprint density at radius 1 is 1.11 bits per heavy atom. The van der Waals surface area contributed by atoms with Crippen molar-refractivity contribution in [3.63, 3.8) is 0 Å². The molecule has 0 aliphatic heterocycles. The van der Waals surface area contributed by atoms with Crippen LogP contribution < -0.4 is 9.47 Å². The first-order chi connectivity index (χ1) is 17.6. The van der Waals surface area contributed by atoms with Crippen molar-refractivity contribution in [3.05, 3.63) is 53.1 Å². The van der Waals surface area contributed by atoms with E-state index in [9.17, 15) is 18.8 Å². The quantitative estimate of drug-likeness (QED) is 0.286. The van der Waals surface area contributed by atoms with Crippen LogP contribution in [0.15, 0.2) is 30.5 Å². The van der Waals surface area contributed by atoms with Crippen LogP contribution in [0.4, 0.5) is 4.39 Å². The van der Waals surface area contributed by atoms with E-state index in [-0.39, 0.29) is 35.3 Å². The predicted molar refractivity (Wildman–Crippen MR) is 136 cm³/mol. The Balaban J connectivity index is 1.76. The number of Topliss-reactive ketones (excluding diaryl/α,β-unsaturated/α-hetero) is 1. The normalized spacial score (nSPS) is 16.4. The highest BCUT2D eigenvalue weighted by atomic mass is 19.1. The van der Waals surface area contributed by atoms with Crippen LogP contribution in [0.5, 0.6) is 11.5 Å². The number of aromatic nitrogens is 1. The summed E-state index contributed by atoms with van der Waals surface area (Å²) in [5.41, 5.74) is 1.75. The van der Waals surface area contributed by atoms with E-state index in [1.54, 1.807) is 13.0 Å². The minimum atomic E-state index is -0.755. The molecular formula is C29H36FNO6. The van der Waals surface area contributed by atoms with E-state index in [1.807, 2.05) is 13.8 Å². The molecule has 1 aromatic heterocycles. The fourth-order valence-corrected chi connectivity index (χ4v) is 5.26. The summed E-state index contributed by atoms with van der Waals surface area (Å²) in [7, 11) is 1.39. The third-order valence-corrected chi connectivity index (χ3v) is 7.05. The van der Waals surface area contributed by atoms with E-state index < -0.39 is 29.7 Å². The standard InChI is InChI=1S/C29H36FNO6/c1-17-15-22(30)11-12-23(17)26(21-9-7-6-8-10-21)19(3)36-29(34)18(2)16-24(33)27-28(37-20(4)32)25(35-5)13-14-31-27/h11-15,18-19,21,26H,6-10,16H2,1-5H3/t18-,19-,26+/m1/s1. The van der Waals surface area contributed by atoms with Gasteiger partial charge in [0.2, 0.25) is 5.75 Å². The maximum absolute atomic E-state index is 13.8. The van der Waals surface area contributed by atoms with Crippen molar-refractivity contribution in [1.29, 1.82) is 0 Å². The van der Waals surface area contributed by atoms with Gasteiger partial charge in [0.05, 0.1) is 13.0 Å². The number of ketones is 1. The number of pyridine rings is 1. The number of nitrogens with zero attached hydrogens (tertiary/aromatic N) is 1. The van der Waals surface area contributed by atoms with E-state index in [0.29, 0.717) is 5.92 Å². The average molecular weight is 514 g/mol. The predicted octanol–water partition coefficient (Wildman–Crippen LogP) is 5.97. The maximum atomic E-state index is 13.8. The van der Waals surface area contributed by atoms with Crippen LogP contribution >= 0.6 is 0 Å². The summed E-state index contributed by atoms with van der Waals surface area (Å²) < 4.78 is 30.1. The summed E-state index contributed by atoms with van der Waals surface area (Å²) in [6.07, 6.45) is 6.22. The molecule has 0 unspecified atom stereocenters. The lowest BCUT2D eigenvalue weighted by Crippen LogP contribution is -2.32. The minimum absolute atomic E-state index is 0.0663. The smallest absolute Gasteiger partial charge is 0.309 e. The molecular weight excluding hydrogens is 477 g/mol. The molecule has 3 atom stereocenters. The molecule has 7 nitrogen and oxygen atoms in total. The van der Waals surface area contributed by atoms with Crippen LogP contribution in [-0.4, -0.2) is 35.9 Å². The van der Waals surface area contributed by atoms with Crippen LogP contribution in [-0.2, 0) is 14.3 Å². The number of esters is 2. The SMILES string of the molecule is COc1ccnc(C(=O)C[C@@H](C)C(=O)O[C@H](C)[C@H](c2ccc(F)cc2C)C2CCCCC2)c1OC(C)=O. The molecule has 37 heavy (non-hydrogen) atoms. The van der Waals surface area contributed by atoms with Crippen molar-refractivity contribution in [1.82, 2.24) is 4.98 Å². The molecule has 1 fully saturated rings. The Hall–Kier alpha value is -3.29. The van der Waals surface area contributed by atoms with Gasteiger partial charge in [-0.05, 0) is 55.9 Å². The van der Waals surface area contributed by atoms with Gasteiger partial charge in [-0.3, -0.25) is 14.4 Å². The molecule has 1 aromatic carbocycles. The topological polar surface area (TPSA) is 91.8 Å². The Kier molecular flexibility index (Phi) is 9.78. The Labute approximate surface area is 217 Å². The van der Waals surface area contributed by atoms with E-state index >= 15 is 0 Å². The number of carbonyl (C=O) groups is 3. The first kappa shape index (κ1) is 28.3. The molecule has 3 rings (SSSR count).